The second-order valence-corrected chi connectivity index (χ2v) is 13.3. The van der Waals surface area contributed by atoms with Crippen molar-refractivity contribution < 1.29 is 19.4 Å². The molecule has 0 radical (unpaired) electrons. The standard InChI is InChI=1S/C33H39N3O4S/c1-21-4-3-5-27(29-20-41-32(34-29)36-11-9-33(31(37)38)16-25(33)17-36)30(21)40-19-23-14-22(2)28-18-35(10-6-24(28)15-23)26-7-12-39-13-8-26/h3-5,14-15,20,25-26H,6-13,16-19H2,1-2H3,(H,37,38)/t25-,33+/m0/s1. The predicted octanol–water partition coefficient (Wildman–Crippen LogP) is 5.84. The number of fused-ring (bicyclic) bond motifs is 2. The van der Waals surface area contributed by atoms with Crippen molar-refractivity contribution in [1.82, 2.24) is 9.88 Å². The third kappa shape index (κ3) is 5.04. The van der Waals surface area contributed by atoms with Crippen LogP contribution in [0, 0.1) is 25.2 Å². The van der Waals surface area contributed by atoms with Crippen molar-refractivity contribution in [3.63, 3.8) is 0 Å². The van der Waals surface area contributed by atoms with Crippen molar-refractivity contribution in [1.29, 1.82) is 0 Å². The Bertz CT molecular complexity index is 1460. The highest BCUT2D eigenvalue weighted by atomic mass is 32.1. The molecule has 216 valence electrons. The average Bonchev–Trinajstić information content (AvgIpc) is 3.54. The maximum Gasteiger partial charge on any atom is 0.310 e. The average molecular weight is 574 g/mol. The Labute approximate surface area is 246 Å². The molecule has 8 heteroatoms. The van der Waals surface area contributed by atoms with E-state index in [4.69, 9.17) is 14.5 Å². The van der Waals surface area contributed by atoms with Gasteiger partial charge in [-0.3, -0.25) is 9.69 Å². The molecule has 1 saturated carbocycles. The lowest BCUT2D eigenvalue weighted by molar-refractivity contribution is -0.144. The van der Waals surface area contributed by atoms with Gasteiger partial charge in [0.1, 0.15) is 12.4 Å². The maximum absolute atomic E-state index is 11.7. The summed E-state index contributed by atoms with van der Waals surface area (Å²) in [5.74, 6) is 0.495. The molecule has 2 atom stereocenters. The molecule has 3 fully saturated rings. The molecule has 1 aliphatic carbocycles. The predicted molar refractivity (Wildman–Crippen MR) is 161 cm³/mol. The minimum Gasteiger partial charge on any atom is -0.488 e. The molecule has 3 aromatic rings. The van der Waals surface area contributed by atoms with E-state index in [0.717, 1.165) is 92.8 Å². The Balaban J connectivity index is 1.05. The molecular weight excluding hydrogens is 534 g/mol. The normalized spacial score (nSPS) is 24.5. The fourth-order valence-corrected chi connectivity index (χ4v) is 8.17. The number of aliphatic carboxylic acids is 1. The van der Waals surface area contributed by atoms with Crippen molar-refractivity contribution in [3.8, 4) is 17.0 Å². The largest absolute Gasteiger partial charge is 0.488 e. The zero-order valence-corrected chi connectivity index (χ0v) is 24.8. The van der Waals surface area contributed by atoms with Crippen molar-refractivity contribution >= 4 is 22.4 Å². The quantitative estimate of drug-likeness (QED) is 0.380. The minimum absolute atomic E-state index is 0.240. The lowest BCUT2D eigenvalue weighted by Gasteiger charge is -2.38. The van der Waals surface area contributed by atoms with Gasteiger partial charge in [-0.15, -0.1) is 11.3 Å². The van der Waals surface area contributed by atoms with Crippen LogP contribution in [-0.4, -0.2) is 59.8 Å². The summed E-state index contributed by atoms with van der Waals surface area (Å²) in [5, 5.41) is 12.7. The van der Waals surface area contributed by atoms with E-state index in [1.165, 1.54) is 22.3 Å². The van der Waals surface area contributed by atoms with Gasteiger partial charge in [-0.1, -0.05) is 24.3 Å². The highest BCUT2D eigenvalue weighted by Crippen LogP contribution is 2.58. The lowest BCUT2D eigenvalue weighted by Crippen LogP contribution is -2.42. The van der Waals surface area contributed by atoms with Crippen LogP contribution in [0.1, 0.15) is 53.5 Å². The summed E-state index contributed by atoms with van der Waals surface area (Å²) in [7, 11) is 0. The van der Waals surface area contributed by atoms with E-state index in [1.54, 1.807) is 11.3 Å². The number of carboxylic acids is 1. The van der Waals surface area contributed by atoms with E-state index in [0.29, 0.717) is 19.1 Å². The van der Waals surface area contributed by atoms with E-state index in [2.05, 4.69) is 59.4 Å². The van der Waals surface area contributed by atoms with Crippen LogP contribution in [0.15, 0.2) is 35.7 Å². The zero-order chi connectivity index (χ0) is 28.1. The zero-order valence-electron chi connectivity index (χ0n) is 24.0. The molecule has 41 heavy (non-hydrogen) atoms. The van der Waals surface area contributed by atoms with Crippen LogP contribution in [0.3, 0.4) is 0 Å². The van der Waals surface area contributed by atoms with E-state index in [1.807, 2.05) is 0 Å². The monoisotopic (exact) mass is 573 g/mol. The maximum atomic E-state index is 11.7. The second-order valence-electron chi connectivity index (χ2n) is 12.4. The summed E-state index contributed by atoms with van der Waals surface area (Å²) in [5.41, 5.74) is 8.08. The highest BCUT2D eigenvalue weighted by molar-refractivity contribution is 7.14. The van der Waals surface area contributed by atoms with Gasteiger partial charge >= 0.3 is 5.97 Å². The van der Waals surface area contributed by atoms with E-state index in [9.17, 15) is 9.90 Å². The molecule has 1 N–H and O–H groups in total. The first kappa shape index (κ1) is 26.9. The van der Waals surface area contributed by atoms with Crippen LogP contribution >= 0.6 is 11.3 Å². The number of benzene rings is 2. The van der Waals surface area contributed by atoms with Gasteiger partial charge in [0, 0.05) is 56.4 Å². The molecule has 2 saturated heterocycles. The topological polar surface area (TPSA) is 75.1 Å². The number of aryl methyl sites for hydroxylation is 2. The summed E-state index contributed by atoms with van der Waals surface area (Å²) < 4.78 is 12.1. The van der Waals surface area contributed by atoms with Gasteiger partial charge in [-0.2, -0.15) is 0 Å². The molecule has 3 aliphatic heterocycles. The van der Waals surface area contributed by atoms with Crippen LogP contribution in [-0.2, 0) is 29.1 Å². The third-order valence-electron chi connectivity index (χ3n) is 9.92. The van der Waals surface area contributed by atoms with Gasteiger partial charge in [0.25, 0.3) is 0 Å². The first-order valence-corrected chi connectivity index (χ1v) is 15.9. The molecule has 4 aliphatic rings. The number of anilines is 1. The molecule has 0 unspecified atom stereocenters. The van der Waals surface area contributed by atoms with Gasteiger partial charge < -0.3 is 19.5 Å². The summed E-state index contributed by atoms with van der Waals surface area (Å²) in [6.45, 7) is 10.3. The number of carbonyl (C=O) groups is 1. The van der Waals surface area contributed by atoms with Crippen molar-refractivity contribution in [3.05, 3.63) is 63.5 Å². The number of aromatic nitrogens is 1. The fraction of sp³-hybridized carbons (Fsp3) is 0.515. The number of para-hydroxylation sites is 1. The van der Waals surface area contributed by atoms with Gasteiger partial charge in [-0.05, 0) is 85.8 Å². The van der Waals surface area contributed by atoms with E-state index < -0.39 is 11.4 Å². The number of hydrogen-bond donors (Lipinski definition) is 1. The van der Waals surface area contributed by atoms with Gasteiger partial charge in [0.05, 0.1) is 11.1 Å². The first-order chi connectivity index (χ1) is 19.9. The summed E-state index contributed by atoms with van der Waals surface area (Å²) >= 11 is 1.64. The fourth-order valence-electron chi connectivity index (χ4n) is 7.31. The van der Waals surface area contributed by atoms with Gasteiger partial charge in [-0.25, -0.2) is 4.98 Å². The number of hydrogen-bond acceptors (Lipinski definition) is 7. The lowest BCUT2D eigenvalue weighted by atomic mass is 9.91. The molecule has 0 bridgehead atoms. The Hall–Kier alpha value is -2.94. The van der Waals surface area contributed by atoms with E-state index in [-0.39, 0.29) is 5.92 Å². The number of rotatable bonds is 7. The van der Waals surface area contributed by atoms with Gasteiger partial charge in [0.2, 0.25) is 0 Å². The molecule has 7 rings (SSSR count). The highest BCUT2D eigenvalue weighted by Gasteiger charge is 2.62. The van der Waals surface area contributed by atoms with Crippen LogP contribution in [0.5, 0.6) is 5.75 Å². The Morgan fingerprint density at radius 3 is 2.85 bits per heavy atom. The molecular formula is C33H39N3O4S. The van der Waals surface area contributed by atoms with Crippen molar-refractivity contribution in [2.75, 3.05) is 37.7 Å². The second kappa shape index (κ2) is 10.7. The minimum atomic E-state index is -0.630. The SMILES string of the molecule is Cc1cc(COc2c(C)cccc2-c2csc(N3CC[C@@]4(C(=O)O)C[C@H]4C3)n2)cc2c1CN(C1CCOCC1)CC2. The smallest absolute Gasteiger partial charge is 0.310 e. The Kier molecular flexibility index (Phi) is 7.04. The summed E-state index contributed by atoms with van der Waals surface area (Å²) in [4.78, 5) is 21.6. The van der Waals surface area contributed by atoms with Gasteiger partial charge in [0.15, 0.2) is 5.13 Å². The number of ether oxygens (including phenoxy) is 2. The Morgan fingerprint density at radius 2 is 2.05 bits per heavy atom. The Morgan fingerprint density at radius 1 is 1.20 bits per heavy atom. The van der Waals surface area contributed by atoms with Crippen LogP contribution in [0.2, 0.25) is 0 Å². The molecule has 4 heterocycles. The third-order valence-corrected chi connectivity index (χ3v) is 10.8. The van der Waals surface area contributed by atoms with Crippen molar-refractivity contribution in [2.45, 2.75) is 65.1 Å². The first-order valence-electron chi connectivity index (χ1n) is 15.0. The molecule has 2 aromatic carbocycles. The van der Waals surface area contributed by atoms with Crippen LogP contribution < -0.4 is 9.64 Å². The number of piperidine rings is 1. The number of thiazole rings is 1. The molecule has 7 nitrogen and oxygen atoms in total. The van der Waals surface area contributed by atoms with Crippen LogP contribution in [0.25, 0.3) is 11.3 Å². The van der Waals surface area contributed by atoms with E-state index >= 15 is 0 Å². The van der Waals surface area contributed by atoms with Crippen molar-refractivity contribution in [2.24, 2.45) is 11.3 Å². The molecule has 0 spiro atoms. The number of carboxylic acid groups (broad SMARTS) is 1. The molecule has 1 aromatic heterocycles. The summed E-state index contributed by atoms with van der Waals surface area (Å²) in [6.07, 6.45) is 4.87. The number of nitrogens with zero attached hydrogens (tertiary/aromatic N) is 3. The summed E-state index contributed by atoms with van der Waals surface area (Å²) in [6, 6.07) is 11.6. The molecule has 0 amide bonds. The van der Waals surface area contributed by atoms with Crippen LogP contribution in [0.4, 0.5) is 5.13 Å².